The van der Waals surface area contributed by atoms with Gasteiger partial charge in [0.05, 0.1) is 13.2 Å². The number of rotatable bonds is 6. The van der Waals surface area contributed by atoms with Gasteiger partial charge in [-0.1, -0.05) is 61.3 Å². The highest BCUT2D eigenvalue weighted by Crippen LogP contribution is 2.61. The van der Waals surface area contributed by atoms with E-state index in [9.17, 15) is 14.7 Å². The molecule has 2 unspecified atom stereocenters. The summed E-state index contributed by atoms with van der Waals surface area (Å²) in [6.45, 7) is 5.36. The highest BCUT2D eigenvalue weighted by molar-refractivity contribution is 6.30. The summed E-state index contributed by atoms with van der Waals surface area (Å²) in [5.41, 5.74) is 5.93. The number of carboxylic acid groups (broad SMARTS) is 1. The molecular weight excluding hydrogens is 525 g/mol. The number of carbonyl (C=O) groups is 2. The van der Waals surface area contributed by atoms with Crippen molar-refractivity contribution < 1.29 is 24.2 Å². The Kier molecular flexibility index (Phi) is 7.09. The second kappa shape index (κ2) is 9.81. The minimum absolute atomic E-state index is 0.0462. The van der Waals surface area contributed by atoms with Gasteiger partial charge < -0.3 is 20.3 Å². The van der Waals surface area contributed by atoms with Gasteiger partial charge in [-0.2, -0.15) is 0 Å². The molecule has 0 spiro atoms. The number of primary amides is 1. The largest absolute Gasteiger partial charge is 0.479 e. The fourth-order valence-electron chi connectivity index (χ4n) is 7.44. The molecule has 8 heteroatoms. The van der Waals surface area contributed by atoms with Crippen LogP contribution in [0.4, 0.5) is 0 Å². The first-order valence-corrected chi connectivity index (χ1v) is 14.0. The highest BCUT2D eigenvalue weighted by atomic mass is 35.5. The number of halogens is 2. The van der Waals surface area contributed by atoms with Gasteiger partial charge in [0, 0.05) is 32.7 Å². The number of nitrogens with two attached hydrogens (primary N) is 1. The summed E-state index contributed by atoms with van der Waals surface area (Å²) in [5, 5.41) is 11.0. The van der Waals surface area contributed by atoms with Gasteiger partial charge in [-0.15, -0.1) is 0 Å². The number of carboxylic acids is 1. The Morgan fingerprint density at radius 3 is 1.55 bits per heavy atom. The molecule has 204 valence electrons. The monoisotopic (exact) mass is 559 g/mol. The molecule has 2 aliphatic carbocycles. The standard InChI is InChI=1S/C15H18ClNO2.C15H17ClO3/c2*1-14-7-6-11(15(14,13(17)18)19-9-14)8-10-2-4-12(16)5-3-10/h2-5,11H,6-9H2,1H3,(H2,17,18);2-5,11H,6-9H2,1H3,(H,17,18)/t2*11?,14-,15+/m00/s1. The zero-order chi connectivity index (χ0) is 27.3. The predicted molar refractivity (Wildman–Crippen MR) is 146 cm³/mol. The van der Waals surface area contributed by atoms with E-state index in [0.29, 0.717) is 18.2 Å². The van der Waals surface area contributed by atoms with Gasteiger partial charge >= 0.3 is 5.97 Å². The maximum absolute atomic E-state index is 11.9. The topological polar surface area (TPSA) is 98.9 Å². The average Bonchev–Trinajstić information content (AvgIpc) is 3.17. The van der Waals surface area contributed by atoms with Gasteiger partial charge in [0.15, 0.2) is 11.2 Å². The molecule has 0 radical (unpaired) electrons. The summed E-state index contributed by atoms with van der Waals surface area (Å²) in [6, 6.07) is 15.4. The van der Waals surface area contributed by atoms with Crippen molar-refractivity contribution in [2.24, 2.45) is 28.4 Å². The van der Waals surface area contributed by atoms with E-state index in [1.165, 1.54) is 5.56 Å². The van der Waals surface area contributed by atoms with Crippen LogP contribution in [-0.4, -0.2) is 41.4 Å². The van der Waals surface area contributed by atoms with Gasteiger partial charge in [0.25, 0.3) is 5.91 Å². The number of amides is 1. The Labute approximate surface area is 233 Å². The molecule has 2 heterocycles. The van der Waals surface area contributed by atoms with Gasteiger partial charge in [-0.05, 0) is 73.9 Å². The molecule has 2 aromatic rings. The number of aliphatic carboxylic acids is 1. The van der Waals surface area contributed by atoms with E-state index in [2.05, 4.69) is 6.92 Å². The van der Waals surface area contributed by atoms with Crippen molar-refractivity contribution in [1.29, 1.82) is 0 Å². The smallest absolute Gasteiger partial charge is 0.336 e. The summed E-state index contributed by atoms with van der Waals surface area (Å²) in [4.78, 5) is 23.6. The molecule has 4 aliphatic rings. The first-order valence-electron chi connectivity index (χ1n) is 13.3. The van der Waals surface area contributed by atoms with Crippen molar-refractivity contribution in [3.63, 3.8) is 0 Å². The van der Waals surface area contributed by atoms with Crippen molar-refractivity contribution in [2.45, 2.75) is 63.6 Å². The van der Waals surface area contributed by atoms with Crippen LogP contribution in [0.15, 0.2) is 48.5 Å². The van der Waals surface area contributed by atoms with Crippen LogP contribution < -0.4 is 5.73 Å². The zero-order valence-electron chi connectivity index (χ0n) is 21.8. The lowest BCUT2D eigenvalue weighted by Crippen LogP contribution is -2.68. The number of benzene rings is 2. The summed E-state index contributed by atoms with van der Waals surface area (Å²) < 4.78 is 11.3. The van der Waals surface area contributed by atoms with Crippen LogP contribution in [0.5, 0.6) is 0 Å². The Hall–Kier alpha value is -2.12. The average molecular weight is 561 g/mol. The van der Waals surface area contributed by atoms with E-state index >= 15 is 0 Å². The van der Waals surface area contributed by atoms with Crippen LogP contribution in [0.1, 0.15) is 50.7 Å². The van der Waals surface area contributed by atoms with Crippen LogP contribution in [0.25, 0.3) is 0 Å². The number of ether oxygens (including phenoxy) is 2. The van der Waals surface area contributed by atoms with Crippen LogP contribution in [0.2, 0.25) is 10.0 Å². The molecule has 38 heavy (non-hydrogen) atoms. The third-order valence-electron chi connectivity index (χ3n) is 9.74. The molecule has 4 fully saturated rings. The molecule has 2 saturated carbocycles. The molecule has 0 aromatic heterocycles. The number of carbonyl (C=O) groups excluding carboxylic acids is 1. The van der Waals surface area contributed by atoms with E-state index < -0.39 is 17.2 Å². The molecule has 6 atom stereocenters. The summed E-state index contributed by atoms with van der Waals surface area (Å²) in [7, 11) is 0. The molecule has 2 aromatic carbocycles. The van der Waals surface area contributed by atoms with Crippen LogP contribution in [-0.2, 0) is 31.9 Å². The fraction of sp³-hybridized carbons (Fsp3) is 0.533. The highest BCUT2D eigenvalue weighted by Gasteiger charge is 2.70. The van der Waals surface area contributed by atoms with E-state index in [1.54, 1.807) is 0 Å². The Balaban J connectivity index is 0.000000155. The van der Waals surface area contributed by atoms with E-state index in [1.807, 2.05) is 55.5 Å². The molecule has 1 amide bonds. The molecular formula is C30H35Cl2NO5. The lowest BCUT2D eigenvalue weighted by Gasteiger charge is -2.53. The molecule has 0 bridgehead atoms. The van der Waals surface area contributed by atoms with Gasteiger partial charge in [0.2, 0.25) is 0 Å². The number of hydrogen-bond acceptors (Lipinski definition) is 4. The molecule has 6 rings (SSSR count). The maximum atomic E-state index is 11.9. The number of fused-ring (bicyclic) bond motifs is 2. The molecule has 2 aliphatic heterocycles. The first-order chi connectivity index (χ1) is 18.0. The Bertz CT molecular complexity index is 1120. The fourth-order valence-corrected chi connectivity index (χ4v) is 7.70. The first kappa shape index (κ1) is 27.4. The summed E-state index contributed by atoms with van der Waals surface area (Å²) in [5.74, 6) is -0.898. The zero-order valence-corrected chi connectivity index (χ0v) is 23.4. The van der Waals surface area contributed by atoms with Crippen LogP contribution >= 0.6 is 23.2 Å². The Morgan fingerprint density at radius 2 is 1.21 bits per heavy atom. The Morgan fingerprint density at radius 1 is 0.816 bits per heavy atom. The second-order valence-electron chi connectivity index (χ2n) is 12.0. The van der Waals surface area contributed by atoms with Gasteiger partial charge in [-0.25, -0.2) is 4.79 Å². The normalized spacial score (nSPS) is 36.6. The van der Waals surface area contributed by atoms with Crippen LogP contribution in [0, 0.1) is 22.7 Å². The minimum Gasteiger partial charge on any atom is -0.479 e. The predicted octanol–water partition coefficient (Wildman–Crippen LogP) is 5.71. The van der Waals surface area contributed by atoms with Crippen molar-refractivity contribution in [2.75, 3.05) is 13.2 Å². The lowest BCUT2D eigenvalue weighted by atomic mass is 9.67. The third-order valence-corrected chi connectivity index (χ3v) is 10.2. The van der Waals surface area contributed by atoms with Crippen molar-refractivity contribution in [3.8, 4) is 0 Å². The molecule has 2 saturated heterocycles. The SMILES string of the molecule is C[C@@]12CCC(Cc3ccc(Cl)cc3)[C@]1(C(=O)O)OC2.C[C@@]12CCC(Cc3ccc(Cl)cc3)[C@]1(C(N)=O)OC2. The quantitative estimate of drug-likeness (QED) is 0.472. The van der Waals surface area contributed by atoms with Gasteiger partial charge in [-0.3, -0.25) is 4.79 Å². The van der Waals surface area contributed by atoms with Crippen LogP contribution in [0.3, 0.4) is 0 Å². The second-order valence-corrected chi connectivity index (χ2v) is 12.8. The minimum atomic E-state index is -0.980. The van der Waals surface area contributed by atoms with Gasteiger partial charge in [0.1, 0.15) is 0 Å². The van der Waals surface area contributed by atoms with E-state index in [0.717, 1.165) is 49.1 Å². The van der Waals surface area contributed by atoms with Crippen molar-refractivity contribution >= 4 is 35.1 Å². The summed E-state index contributed by atoms with van der Waals surface area (Å²) >= 11 is 11.8. The molecule has 3 N–H and O–H groups in total. The van der Waals surface area contributed by atoms with Crippen molar-refractivity contribution in [3.05, 3.63) is 69.7 Å². The maximum Gasteiger partial charge on any atom is 0.336 e. The van der Waals surface area contributed by atoms with E-state index in [-0.39, 0.29) is 28.6 Å². The third kappa shape index (κ3) is 4.16. The summed E-state index contributed by atoms with van der Waals surface area (Å²) in [6.07, 6.45) is 5.38. The van der Waals surface area contributed by atoms with Crippen molar-refractivity contribution in [1.82, 2.24) is 0 Å². The number of hydrogen-bond donors (Lipinski definition) is 2. The molecule has 6 nitrogen and oxygen atoms in total. The lowest BCUT2D eigenvalue weighted by molar-refractivity contribution is -0.260. The van der Waals surface area contributed by atoms with E-state index in [4.69, 9.17) is 38.4 Å².